The number of rotatable bonds is 37. The summed E-state index contributed by atoms with van der Waals surface area (Å²) < 4.78 is 0. The van der Waals surface area contributed by atoms with E-state index in [1.165, 1.54) is 227 Å². The molecular formula is C82H102O2. The van der Waals surface area contributed by atoms with E-state index in [1.54, 1.807) is 0 Å². The largest absolute Gasteiger partial charge is 0.289 e. The van der Waals surface area contributed by atoms with Crippen LogP contribution in [-0.2, 0) is 25.7 Å². The first kappa shape index (κ1) is 63.6. The molecule has 0 radical (unpaired) electrons. The summed E-state index contributed by atoms with van der Waals surface area (Å²) in [6.45, 7) is 13.3. The number of unbranched alkanes of at least 4 members (excludes halogenated alkanes) is 22. The molecule has 8 aromatic rings. The third-order valence-corrected chi connectivity index (χ3v) is 18.1. The van der Waals surface area contributed by atoms with E-state index in [0.717, 1.165) is 54.2 Å². The van der Waals surface area contributed by atoms with Crippen molar-refractivity contribution in [3.63, 3.8) is 0 Å². The molecule has 2 nitrogen and oxygen atoms in total. The lowest BCUT2D eigenvalue weighted by Crippen LogP contribution is -2.10. The van der Waals surface area contributed by atoms with E-state index in [9.17, 15) is 4.79 Å². The normalized spacial score (nSPS) is 11.5. The summed E-state index contributed by atoms with van der Waals surface area (Å²) in [5.41, 5.74) is 16.5. The van der Waals surface area contributed by atoms with Gasteiger partial charge in [0.25, 0.3) is 0 Å². The topological polar surface area (TPSA) is 34.1 Å². The lowest BCUT2D eigenvalue weighted by atomic mass is 9.82. The first-order valence-electron chi connectivity index (χ1n) is 33.8. The molecule has 0 aliphatic rings. The van der Waals surface area contributed by atoms with Crippen LogP contribution in [0.15, 0.2) is 146 Å². The van der Waals surface area contributed by atoms with Crippen LogP contribution in [0.4, 0.5) is 0 Å². The van der Waals surface area contributed by atoms with Gasteiger partial charge in [-0.2, -0.15) is 0 Å². The maximum Gasteiger partial charge on any atom is 0.193 e. The summed E-state index contributed by atoms with van der Waals surface area (Å²) >= 11 is 0. The van der Waals surface area contributed by atoms with Gasteiger partial charge in [0, 0.05) is 22.3 Å². The van der Waals surface area contributed by atoms with E-state index in [1.807, 2.05) is 43.3 Å². The molecule has 84 heavy (non-hydrogen) atoms. The minimum Gasteiger partial charge on any atom is -0.289 e. The van der Waals surface area contributed by atoms with Crippen molar-refractivity contribution in [1.82, 2.24) is 0 Å². The minimum absolute atomic E-state index is 0.0170. The minimum atomic E-state index is -0.0261. The first-order valence-corrected chi connectivity index (χ1v) is 33.8. The van der Waals surface area contributed by atoms with Crippen LogP contribution in [-0.4, -0.2) is 11.6 Å². The summed E-state index contributed by atoms with van der Waals surface area (Å²) in [4.78, 5) is 30.2. The van der Waals surface area contributed by atoms with Gasteiger partial charge >= 0.3 is 0 Å². The van der Waals surface area contributed by atoms with E-state index in [2.05, 4.69) is 144 Å². The highest BCUT2D eigenvalue weighted by Gasteiger charge is 2.24. The summed E-state index contributed by atoms with van der Waals surface area (Å²) in [5, 5.41) is 4.76. The van der Waals surface area contributed by atoms with Gasteiger partial charge in [-0.15, -0.1) is 0 Å². The predicted octanol–water partition coefficient (Wildman–Crippen LogP) is 24.5. The average molecular weight is 1120 g/mol. The van der Waals surface area contributed by atoms with Crippen LogP contribution in [0, 0.1) is 13.8 Å². The molecule has 0 bridgehead atoms. The van der Waals surface area contributed by atoms with Gasteiger partial charge in [0.05, 0.1) is 0 Å². The molecule has 0 atom stereocenters. The van der Waals surface area contributed by atoms with E-state index >= 15 is 4.79 Å². The zero-order valence-corrected chi connectivity index (χ0v) is 52.9. The van der Waals surface area contributed by atoms with Crippen molar-refractivity contribution in [2.24, 2.45) is 0 Å². The number of carbonyl (C=O) groups excluding carboxylic acids is 2. The summed E-state index contributed by atoms with van der Waals surface area (Å²) in [6.07, 6.45) is 37.6. The Kier molecular flexibility index (Phi) is 25.7. The van der Waals surface area contributed by atoms with Gasteiger partial charge < -0.3 is 0 Å². The second kappa shape index (κ2) is 33.9. The van der Waals surface area contributed by atoms with Crippen molar-refractivity contribution in [1.29, 1.82) is 0 Å². The van der Waals surface area contributed by atoms with Crippen molar-refractivity contribution >= 4 is 33.1 Å². The Morgan fingerprint density at radius 3 is 1.00 bits per heavy atom. The first-order chi connectivity index (χ1) is 41.2. The zero-order chi connectivity index (χ0) is 58.9. The Labute approximate surface area is 508 Å². The molecule has 2 heteroatoms. The molecular weight excluding hydrogens is 1020 g/mol. The molecule has 0 N–H and O–H groups in total. The van der Waals surface area contributed by atoms with Crippen molar-refractivity contribution in [2.45, 2.75) is 234 Å². The third kappa shape index (κ3) is 17.8. The molecule has 0 fully saturated rings. The molecule has 442 valence electrons. The maximum absolute atomic E-state index is 15.3. The van der Waals surface area contributed by atoms with Gasteiger partial charge in [0.1, 0.15) is 0 Å². The number of carbonyl (C=O) groups is 2. The molecule has 0 aliphatic heterocycles. The van der Waals surface area contributed by atoms with E-state index in [0.29, 0.717) is 22.3 Å². The number of hydrogen-bond donors (Lipinski definition) is 0. The Hall–Kier alpha value is -6.38. The standard InChI is InChI=1S/C82H102O2/c1-7-11-15-19-21-23-27-31-35-65-42-50-69(51-43-65)81(83)74-60-75(78(58-62(74)6)82(84)70-52-44-66(45-53-70)36-32-28-24-22-20-16-12-8-2)71-54-56-73-77(59-71)80(68-48-40-64(41-49-68)34-30-26-18-14-10-4)72-55-37-61(5)57-76(72)79(73)67-46-38-63(39-47-67)33-29-25-17-13-9-3/h37-60H,7-36H2,1-6H3. The molecule has 0 aromatic heterocycles. The van der Waals surface area contributed by atoms with Crippen LogP contribution in [0.5, 0.6) is 0 Å². The van der Waals surface area contributed by atoms with Gasteiger partial charge in [0.2, 0.25) is 0 Å². The fourth-order valence-electron chi connectivity index (χ4n) is 12.9. The van der Waals surface area contributed by atoms with Crippen LogP contribution < -0.4 is 0 Å². The van der Waals surface area contributed by atoms with Crippen molar-refractivity contribution in [2.75, 3.05) is 0 Å². The number of aryl methyl sites for hydroxylation is 6. The zero-order valence-electron chi connectivity index (χ0n) is 52.9. The lowest BCUT2D eigenvalue weighted by Gasteiger charge is -2.20. The van der Waals surface area contributed by atoms with Crippen molar-refractivity contribution in [3.05, 3.63) is 201 Å². The molecule has 0 amide bonds. The number of benzene rings is 8. The molecule has 8 aromatic carbocycles. The lowest BCUT2D eigenvalue weighted by molar-refractivity contribution is 0.102. The molecule has 0 saturated carbocycles. The second-order valence-electron chi connectivity index (χ2n) is 25.0. The molecule has 0 spiro atoms. The van der Waals surface area contributed by atoms with Gasteiger partial charge in [-0.05, 0) is 166 Å². The number of fused-ring (bicyclic) bond motifs is 2. The monoisotopic (exact) mass is 1120 g/mol. The van der Waals surface area contributed by atoms with Crippen LogP contribution in [0.1, 0.15) is 260 Å². The third-order valence-electron chi connectivity index (χ3n) is 18.1. The highest BCUT2D eigenvalue weighted by Crippen LogP contribution is 2.46. The summed E-state index contributed by atoms with van der Waals surface area (Å²) in [7, 11) is 0. The molecule has 0 saturated heterocycles. The highest BCUT2D eigenvalue weighted by atomic mass is 16.1. The molecule has 0 aliphatic carbocycles. The Bertz CT molecular complexity index is 3300. The smallest absolute Gasteiger partial charge is 0.193 e. The Balaban J connectivity index is 1.21. The van der Waals surface area contributed by atoms with Gasteiger partial charge in [0.15, 0.2) is 11.6 Å². The quantitative estimate of drug-likeness (QED) is 0.0221. The van der Waals surface area contributed by atoms with Crippen LogP contribution >= 0.6 is 0 Å². The summed E-state index contributed by atoms with van der Waals surface area (Å²) in [6, 6.07) is 53.3. The SMILES string of the molecule is CCCCCCCCCCc1ccc(C(=O)c2cc(-c3ccc4c(-c5ccc(CCCCCCC)cc5)c5cc(C)ccc5c(-c5ccc(CCCCCCC)cc5)c4c3)c(C(=O)c3ccc(CCCCCCCCCC)cc3)cc2C)cc1. The van der Waals surface area contributed by atoms with Gasteiger partial charge in [-0.3, -0.25) is 9.59 Å². The van der Waals surface area contributed by atoms with Crippen LogP contribution in [0.25, 0.3) is 54.9 Å². The predicted molar refractivity (Wildman–Crippen MR) is 365 cm³/mol. The second-order valence-corrected chi connectivity index (χ2v) is 25.0. The fraction of sp³-hybridized carbons (Fsp3) is 0.439. The van der Waals surface area contributed by atoms with Gasteiger partial charge in [-0.25, -0.2) is 0 Å². The van der Waals surface area contributed by atoms with E-state index < -0.39 is 0 Å². The van der Waals surface area contributed by atoms with Gasteiger partial charge in [-0.1, -0.05) is 302 Å². The van der Waals surface area contributed by atoms with Crippen LogP contribution in [0.2, 0.25) is 0 Å². The number of ketones is 2. The highest BCUT2D eigenvalue weighted by molar-refractivity contribution is 6.23. The number of hydrogen-bond acceptors (Lipinski definition) is 2. The molecule has 0 unspecified atom stereocenters. The van der Waals surface area contributed by atoms with E-state index in [4.69, 9.17) is 0 Å². The molecule has 0 heterocycles. The van der Waals surface area contributed by atoms with Crippen molar-refractivity contribution in [3.8, 4) is 33.4 Å². The van der Waals surface area contributed by atoms with E-state index in [-0.39, 0.29) is 11.6 Å². The Morgan fingerprint density at radius 2 is 0.607 bits per heavy atom. The van der Waals surface area contributed by atoms with Crippen molar-refractivity contribution < 1.29 is 9.59 Å². The van der Waals surface area contributed by atoms with Crippen LogP contribution in [0.3, 0.4) is 0 Å². The Morgan fingerprint density at radius 1 is 0.286 bits per heavy atom. The average Bonchev–Trinajstić information content (AvgIpc) is 1.56. The molecule has 8 rings (SSSR count). The summed E-state index contributed by atoms with van der Waals surface area (Å²) in [5.74, 6) is -0.0431. The fourth-order valence-corrected chi connectivity index (χ4v) is 12.9. The maximum atomic E-state index is 15.3.